The molecular formula is C21H24N2O2. The Bertz CT molecular complexity index is 739. The molecule has 0 atom stereocenters. The van der Waals surface area contributed by atoms with E-state index in [0.29, 0.717) is 25.9 Å². The molecule has 0 N–H and O–H groups in total. The van der Waals surface area contributed by atoms with Crippen LogP contribution in [0.25, 0.3) is 0 Å². The monoisotopic (exact) mass is 336 g/mol. The summed E-state index contributed by atoms with van der Waals surface area (Å²) in [5, 5.41) is 0. The van der Waals surface area contributed by atoms with Gasteiger partial charge in [-0.25, -0.2) is 0 Å². The number of rotatable bonds is 6. The molecule has 0 aromatic heterocycles. The van der Waals surface area contributed by atoms with Gasteiger partial charge in [-0.1, -0.05) is 48.5 Å². The van der Waals surface area contributed by atoms with Crippen molar-refractivity contribution in [2.24, 2.45) is 5.41 Å². The van der Waals surface area contributed by atoms with Gasteiger partial charge in [0.1, 0.15) is 5.41 Å². The zero-order valence-corrected chi connectivity index (χ0v) is 14.8. The van der Waals surface area contributed by atoms with Crippen LogP contribution in [0.2, 0.25) is 0 Å². The van der Waals surface area contributed by atoms with E-state index in [1.807, 2.05) is 67.6 Å². The van der Waals surface area contributed by atoms with E-state index in [1.54, 1.807) is 16.8 Å². The van der Waals surface area contributed by atoms with Gasteiger partial charge >= 0.3 is 0 Å². The molecule has 4 heteroatoms. The van der Waals surface area contributed by atoms with E-state index in [0.717, 1.165) is 11.3 Å². The Hall–Kier alpha value is -2.62. The number of hydrogen-bond donors (Lipinski definition) is 0. The van der Waals surface area contributed by atoms with E-state index in [4.69, 9.17) is 0 Å². The predicted octanol–water partition coefficient (Wildman–Crippen LogP) is 3.48. The molecule has 3 rings (SSSR count). The van der Waals surface area contributed by atoms with Crippen molar-refractivity contribution >= 4 is 17.5 Å². The first-order chi connectivity index (χ1) is 12.1. The average Bonchev–Trinajstić information content (AvgIpc) is 3.45. The second-order valence-corrected chi connectivity index (χ2v) is 6.61. The maximum atomic E-state index is 13.1. The fourth-order valence-electron chi connectivity index (χ4n) is 3.25. The molecule has 1 saturated carbocycles. The van der Waals surface area contributed by atoms with Crippen molar-refractivity contribution in [3.8, 4) is 0 Å². The second kappa shape index (κ2) is 7.09. The van der Waals surface area contributed by atoms with Crippen molar-refractivity contribution in [2.45, 2.75) is 26.3 Å². The third-order valence-corrected chi connectivity index (χ3v) is 4.81. The van der Waals surface area contributed by atoms with E-state index in [9.17, 15) is 9.59 Å². The first kappa shape index (κ1) is 17.2. The molecule has 0 bridgehead atoms. The van der Waals surface area contributed by atoms with Crippen LogP contribution < -0.4 is 4.90 Å². The minimum atomic E-state index is -0.880. The van der Waals surface area contributed by atoms with Crippen molar-refractivity contribution in [1.29, 1.82) is 0 Å². The van der Waals surface area contributed by atoms with E-state index in [2.05, 4.69) is 0 Å². The molecule has 0 saturated heterocycles. The molecule has 25 heavy (non-hydrogen) atoms. The first-order valence-corrected chi connectivity index (χ1v) is 8.75. The van der Waals surface area contributed by atoms with Gasteiger partial charge in [-0.15, -0.1) is 0 Å². The number of para-hydroxylation sites is 1. The maximum absolute atomic E-state index is 13.1. The van der Waals surface area contributed by atoms with Gasteiger partial charge in [-0.2, -0.15) is 0 Å². The fourth-order valence-corrected chi connectivity index (χ4v) is 3.25. The molecule has 0 unspecified atom stereocenters. The third kappa shape index (κ3) is 3.43. The van der Waals surface area contributed by atoms with Crippen LogP contribution in [-0.2, 0) is 16.1 Å². The Morgan fingerprint density at radius 3 is 2.00 bits per heavy atom. The summed E-state index contributed by atoms with van der Waals surface area (Å²) < 4.78 is 0. The number of carbonyl (C=O) groups excluding carboxylic acids is 2. The second-order valence-electron chi connectivity index (χ2n) is 6.61. The molecule has 0 heterocycles. The van der Waals surface area contributed by atoms with Crippen LogP contribution >= 0.6 is 0 Å². The lowest BCUT2D eigenvalue weighted by atomic mass is 10.0. The molecule has 1 aliphatic rings. The van der Waals surface area contributed by atoms with Crippen LogP contribution in [0.5, 0.6) is 0 Å². The molecule has 2 aromatic rings. The molecule has 4 nitrogen and oxygen atoms in total. The van der Waals surface area contributed by atoms with E-state index in [-0.39, 0.29) is 11.8 Å². The smallest absolute Gasteiger partial charge is 0.242 e. The van der Waals surface area contributed by atoms with Gasteiger partial charge in [0.2, 0.25) is 11.8 Å². The Morgan fingerprint density at radius 2 is 1.48 bits per heavy atom. The first-order valence-electron chi connectivity index (χ1n) is 8.75. The number of carbonyl (C=O) groups is 2. The average molecular weight is 336 g/mol. The van der Waals surface area contributed by atoms with Crippen LogP contribution in [0.3, 0.4) is 0 Å². The van der Waals surface area contributed by atoms with Gasteiger partial charge in [-0.3, -0.25) is 9.59 Å². The standard InChI is InChI=1S/C21H24N2O2/c1-3-23(18-12-8-5-9-13-18)20(25)21(14-15-21)19(24)22(2)16-17-10-6-4-7-11-17/h4-13H,3,14-16H2,1-2H3. The molecule has 0 radical (unpaired) electrons. The third-order valence-electron chi connectivity index (χ3n) is 4.81. The Balaban J connectivity index is 1.76. The molecule has 2 aromatic carbocycles. The Kier molecular flexibility index (Phi) is 4.88. The largest absolute Gasteiger partial charge is 0.340 e. The summed E-state index contributed by atoms with van der Waals surface area (Å²) in [6, 6.07) is 19.4. The summed E-state index contributed by atoms with van der Waals surface area (Å²) in [6.07, 6.45) is 1.26. The normalized spacial score (nSPS) is 14.6. The van der Waals surface area contributed by atoms with E-state index < -0.39 is 5.41 Å². The topological polar surface area (TPSA) is 40.6 Å². The van der Waals surface area contributed by atoms with Gasteiger partial charge < -0.3 is 9.80 Å². The van der Waals surface area contributed by atoms with Gasteiger partial charge in [0, 0.05) is 25.8 Å². The van der Waals surface area contributed by atoms with E-state index >= 15 is 0 Å². The Labute approximate surface area is 149 Å². The highest BCUT2D eigenvalue weighted by atomic mass is 16.2. The fraction of sp³-hybridized carbons (Fsp3) is 0.333. The summed E-state index contributed by atoms with van der Waals surface area (Å²) >= 11 is 0. The lowest BCUT2D eigenvalue weighted by Crippen LogP contribution is -2.45. The molecule has 1 fully saturated rings. The summed E-state index contributed by atoms with van der Waals surface area (Å²) in [7, 11) is 1.78. The van der Waals surface area contributed by atoms with Crippen molar-refractivity contribution in [2.75, 3.05) is 18.5 Å². The zero-order valence-electron chi connectivity index (χ0n) is 14.8. The van der Waals surface area contributed by atoms with Gasteiger partial charge in [0.05, 0.1) is 0 Å². The number of benzene rings is 2. The highest BCUT2D eigenvalue weighted by Gasteiger charge is 2.59. The highest BCUT2D eigenvalue weighted by Crippen LogP contribution is 2.49. The maximum Gasteiger partial charge on any atom is 0.242 e. The number of anilines is 1. The van der Waals surface area contributed by atoms with Gasteiger partial charge in [0.15, 0.2) is 0 Å². The lowest BCUT2D eigenvalue weighted by molar-refractivity contribution is -0.142. The minimum absolute atomic E-state index is 0.0734. The van der Waals surface area contributed by atoms with Crippen LogP contribution in [-0.4, -0.2) is 30.3 Å². The molecule has 130 valence electrons. The van der Waals surface area contributed by atoms with Crippen molar-refractivity contribution in [1.82, 2.24) is 4.90 Å². The summed E-state index contributed by atoms with van der Waals surface area (Å²) in [4.78, 5) is 29.5. The molecular weight excluding hydrogens is 312 g/mol. The van der Waals surface area contributed by atoms with E-state index in [1.165, 1.54) is 0 Å². The molecule has 0 aliphatic heterocycles. The molecule has 1 aliphatic carbocycles. The molecule has 0 spiro atoms. The van der Waals surface area contributed by atoms with Crippen molar-refractivity contribution in [3.05, 3.63) is 66.2 Å². The van der Waals surface area contributed by atoms with Crippen LogP contribution in [0.4, 0.5) is 5.69 Å². The van der Waals surface area contributed by atoms with Crippen molar-refractivity contribution < 1.29 is 9.59 Å². The summed E-state index contributed by atoms with van der Waals surface area (Å²) in [5.41, 5.74) is 1.03. The van der Waals surface area contributed by atoms with Gasteiger partial charge in [-0.05, 0) is 37.5 Å². The predicted molar refractivity (Wildman–Crippen MR) is 99.1 cm³/mol. The quantitative estimate of drug-likeness (QED) is 0.758. The van der Waals surface area contributed by atoms with Crippen LogP contribution in [0, 0.1) is 5.41 Å². The number of hydrogen-bond acceptors (Lipinski definition) is 2. The van der Waals surface area contributed by atoms with Crippen LogP contribution in [0.15, 0.2) is 60.7 Å². The highest BCUT2D eigenvalue weighted by molar-refractivity contribution is 6.14. The zero-order chi connectivity index (χ0) is 17.9. The number of nitrogens with zero attached hydrogens (tertiary/aromatic N) is 2. The Morgan fingerprint density at radius 1 is 0.920 bits per heavy atom. The SMILES string of the molecule is CCN(C(=O)C1(C(=O)N(C)Cc2ccccc2)CC1)c1ccccc1. The summed E-state index contributed by atoms with van der Waals surface area (Å²) in [5.74, 6) is -0.151. The minimum Gasteiger partial charge on any atom is -0.340 e. The summed E-state index contributed by atoms with van der Waals surface area (Å²) in [6.45, 7) is 3.02. The van der Waals surface area contributed by atoms with Crippen LogP contribution in [0.1, 0.15) is 25.3 Å². The van der Waals surface area contributed by atoms with Crippen molar-refractivity contribution in [3.63, 3.8) is 0 Å². The van der Waals surface area contributed by atoms with Gasteiger partial charge in [0.25, 0.3) is 0 Å². The molecule has 2 amide bonds. The lowest BCUT2D eigenvalue weighted by Gasteiger charge is -2.28. The number of amides is 2.